The van der Waals surface area contributed by atoms with Gasteiger partial charge in [-0.3, -0.25) is 0 Å². The van der Waals surface area contributed by atoms with Crippen LogP contribution >= 0.6 is 0 Å². The molecular weight excluding hydrogens is 234 g/mol. The Kier molecular flexibility index (Phi) is 4.06. The molecule has 0 unspecified atom stereocenters. The summed E-state index contributed by atoms with van der Waals surface area (Å²) in [6, 6.07) is 4.50. The molecule has 5 heteroatoms. The zero-order valence-electron chi connectivity index (χ0n) is 10.8. The smallest absolute Gasteiger partial charge is 0.407 e. The Morgan fingerprint density at radius 2 is 1.83 bits per heavy atom. The van der Waals surface area contributed by atoms with Crippen LogP contribution in [-0.2, 0) is 6.42 Å². The lowest BCUT2D eigenvalue weighted by atomic mass is 10.0. The van der Waals surface area contributed by atoms with Gasteiger partial charge in [0, 0.05) is 12.1 Å². The van der Waals surface area contributed by atoms with Crippen LogP contribution in [-0.4, -0.2) is 38.4 Å². The number of carboxylic acid groups (broad SMARTS) is 1. The van der Waals surface area contributed by atoms with Crippen LogP contribution in [0.15, 0.2) is 18.2 Å². The minimum absolute atomic E-state index is 0.176. The van der Waals surface area contributed by atoms with E-state index in [1.54, 1.807) is 6.07 Å². The molecule has 0 aliphatic rings. The number of carbonyl (C=O) groups is 1. The Balaban J connectivity index is 2.73. The van der Waals surface area contributed by atoms with Gasteiger partial charge >= 0.3 is 6.09 Å². The minimum Gasteiger partial charge on any atom is -0.504 e. The number of phenolic OH excluding ortho intramolecular Hbond substituents is 2. The quantitative estimate of drug-likeness (QED) is 0.723. The zero-order valence-corrected chi connectivity index (χ0v) is 10.8. The molecule has 0 saturated heterocycles. The second-order valence-corrected chi connectivity index (χ2v) is 5.18. The van der Waals surface area contributed by atoms with Gasteiger partial charge in [0.2, 0.25) is 0 Å². The Bertz CT molecular complexity index is 437. The lowest BCUT2D eigenvalue weighted by Crippen LogP contribution is -2.45. The lowest BCUT2D eigenvalue weighted by molar-refractivity contribution is 0.101. The van der Waals surface area contributed by atoms with Crippen LogP contribution in [0.25, 0.3) is 0 Å². The Morgan fingerprint density at radius 3 is 2.28 bits per heavy atom. The molecule has 1 aromatic carbocycles. The third kappa shape index (κ3) is 3.55. The number of nitrogens with zero attached hydrogens (tertiary/aromatic N) is 1. The lowest BCUT2D eigenvalue weighted by Gasteiger charge is -2.33. The molecule has 0 heterocycles. The molecule has 0 aromatic heterocycles. The zero-order chi connectivity index (χ0) is 13.9. The van der Waals surface area contributed by atoms with E-state index in [-0.39, 0.29) is 11.5 Å². The molecule has 100 valence electrons. The number of benzene rings is 1. The van der Waals surface area contributed by atoms with Crippen LogP contribution in [0.1, 0.15) is 26.3 Å². The van der Waals surface area contributed by atoms with E-state index in [9.17, 15) is 15.0 Å². The third-order valence-corrected chi connectivity index (χ3v) is 2.70. The van der Waals surface area contributed by atoms with E-state index in [0.717, 1.165) is 5.56 Å². The number of amides is 1. The minimum atomic E-state index is -0.967. The molecule has 18 heavy (non-hydrogen) atoms. The van der Waals surface area contributed by atoms with E-state index in [1.165, 1.54) is 17.0 Å². The Morgan fingerprint density at radius 1 is 1.22 bits per heavy atom. The molecule has 0 saturated carbocycles. The summed E-state index contributed by atoms with van der Waals surface area (Å²) in [6.07, 6.45) is -0.484. The van der Waals surface area contributed by atoms with Gasteiger partial charge in [-0.25, -0.2) is 4.79 Å². The van der Waals surface area contributed by atoms with E-state index >= 15 is 0 Å². The van der Waals surface area contributed by atoms with E-state index < -0.39 is 11.6 Å². The molecule has 0 fully saturated rings. The fourth-order valence-electron chi connectivity index (χ4n) is 1.68. The van der Waals surface area contributed by atoms with Crippen molar-refractivity contribution in [1.29, 1.82) is 0 Å². The van der Waals surface area contributed by atoms with Gasteiger partial charge in [-0.05, 0) is 44.9 Å². The molecule has 0 spiro atoms. The van der Waals surface area contributed by atoms with Crippen LogP contribution in [0.3, 0.4) is 0 Å². The van der Waals surface area contributed by atoms with Crippen LogP contribution in [0.2, 0.25) is 0 Å². The van der Waals surface area contributed by atoms with Gasteiger partial charge in [0.1, 0.15) is 0 Å². The molecule has 1 amide bonds. The number of hydrogen-bond donors (Lipinski definition) is 3. The van der Waals surface area contributed by atoms with Crippen molar-refractivity contribution in [1.82, 2.24) is 4.90 Å². The molecular formula is C13H19NO4. The van der Waals surface area contributed by atoms with Gasteiger partial charge in [0.05, 0.1) is 0 Å². The van der Waals surface area contributed by atoms with Gasteiger partial charge in [0.15, 0.2) is 11.5 Å². The third-order valence-electron chi connectivity index (χ3n) is 2.70. The first-order chi connectivity index (χ1) is 8.21. The highest BCUT2D eigenvalue weighted by Crippen LogP contribution is 2.25. The highest BCUT2D eigenvalue weighted by Gasteiger charge is 2.25. The van der Waals surface area contributed by atoms with Crippen molar-refractivity contribution in [3.05, 3.63) is 23.8 Å². The van der Waals surface area contributed by atoms with Gasteiger partial charge in [-0.2, -0.15) is 0 Å². The van der Waals surface area contributed by atoms with Crippen LogP contribution < -0.4 is 0 Å². The summed E-state index contributed by atoms with van der Waals surface area (Å²) < 4.78 is 0. The predicted molar refractivity (Wildman–Crippen MR) is 68.0 cm³/mol. The van der Waals surface area contributed by atoms with Crippen LogP contribution in [0, 0.1) is 0 Å². The number of rotatable bonds is 3. The summed E-state index contributed by atoms with van der Waals surface area (Å²) in [7, 11) is 0. The van der Waals surface area contributed by atoms with Crippen LogP contribution in [0.5, 0.6) is 11.5 Å². The fraction of sp³-hybridized carbons (Fsp3) is 0.462. The maximum absolute atomic E-state index is 11.1. The summed E-state index contributed by atoms with van der Waals surface area (Å²) in [5, 5.41) is 27.7. The normalized spacial score (nSPS) is 11.3. The second kappa shape index (κ2) is 5.16. The van der Waals surface area contributed by atoms with Crippen molar-refractivity contribution < 1.29 is 20.1 Å². The van der Waals surface area contributed by atoms with Crippen molar-refractivity contribution in [2.24, 2.45) is 0 Å². The summed E-state index contributed by atoms with van der Waals surface area (Å²) >= 11 is 0. The highest BCUT2D eigenvalue weighted by atomic mass is 16.4. The summed E-state index contributed by atoms with van der Waals surface area (Å²) in [5.41, 5.74) is 0.311. The Labute approximate surface area is 106 Å². The maximum atomic E-state index is 11.1. The monoisotopic (exact) mass is 253 g/mol. The van der Waals surface area contributed by atoms with E-state index in [2.05, 4.69) is 0 Å². The molecule has 0 atom stereocenters. The predicted octanol–water partition coefficient (Wildman–Crippen LogP) is 2.42. The molecule has 0 bridgehead atoms. The molecule has 0 aliphatic carbocycles. The maximum Gasteiger partial charge on any atom is 0.407 e. The van der Waals surface area contributed by atoms with Gasteiger partial charge in [-0.15, -0.1) is 0 Å². The van der Waals surface area contributed by atoms with E-state index in [1.807, 2.05) is 20.8 Å². The average Bonchev–Trinajstić information content (AvgIpc) is 2.21. The van der Waals surface area contributed by atoms with E-state index in [4.69, 9.17) is 5.11 Å². The SMILES string of the molecule is CC(C)(C)N(CCc1ccc(O)c(O)c1)C(=O)O. The number of aromatic hydroxyl groups is 2. The largest absolute Gasteiger partial charge is 0.504 e. The van der Waals surface area contributed by atoms with Crippen molar-refractivity contribution in [3.8, 4) is 11.5 Å². The summed E-state index contributed by atoms with van der Waals surface area (Å²) in [6.45, 7) is 5.82. The molecule has 0 aliphatic heterocycles. The van der Waals surface area contributed by atoms with Crippen molar-refractivity contribution in [2.75, 3.05) is 6.54 Å². The summed E-state index contributed by atoms with van der Waals surface area (Å²) in [5.74, 6) is -0.366. The number of phenols is 2. The summed E-state index contributed by atoms with van der Waals surface area (Å²) in [4.78, 5) is 12.5. The van der Waals surface area contributed by atoms with Gasteiger partial charge in [0.25, 0.3) is 0 Å². The second-order valence-electron chi connectivity index (χ2n) is 5.18. The first-order valence-electron chi connectivity index (χ1n) is 5.73. The highest BCUT2D eigenvalue weighted by molar-refractivity contribution is 5.66. The average molecular weight is 253 g/mol. The first-order valence-corrected chi connectivity index (χ1v) is 5.73. The van der Waals surface area contributed by atoms with Crippen molar-refractivity contribution in [2.45, 2.75) is 32.7 Å². The van der Waals surface area contributed by atoms with Gasteiger partial charge < -0.3 is 20.2 Å². The van der Waals surface area contributed by atoms with Crippen molar-refractivity contribution in [3.63, 3.8) is 0 Å². The molecule has 5 nitrogen and oxygen atoms in total. The first kappa shape index (κ1) is 14.2. The van der Waals surface area contributed by atoms with Crippen molar-refractivity contribution >= 4 is 6.09 Å². The topological polar surface area (TPSA) is 81.0 Å². The molecule has 0 radical (unpaired) electrons. The fourth-order valence-corrected chi connectivity index (χ4v) is 1.68. The van der Waals surface area contributed by atoms with E-state index in [0.29, 0.717) is 13.0 Å². The van der Waals surface area contributed by atoms with Crippen LogP contribution in [0.4, 0.5) is 4.79 Å². The Hall–Kier alpha value is -1.91. The number of hydrogen-bond acceptors (Lipinski definition) is 3. The van der Waals surface area contributed by atoms with Gasteiger partial charge in [-0.1, -0.05) is 6.07 Å². The molecule has 3 N–H and O–H groups in total. The standard InChI is InChI=1S/C13H19NO4/c1-13(2,3)14(12(17)18)7-6-9-4-5-10(15)11(16)8-9/h4-5,8,15-16H,6-7H2,1-3H3,(H,17,18). The molecule has 1 rings (SSSR count). The molecule has 1 aromatic rings.